The van der Waals surface area contributed by atoms with Crippen LogP contribution in [-0.2, 0) is 0 Å². The number of halogens is 1. The van der Waals surface area contributed by atoms with Gasteiger partial charge >= 0.3 is 0 Å². The van der Waals surface area contributed by atoms with E-state index < -0.39 is 5.82 Å². The number of carbonyl (C=O) groups is 1. The molecule has 22 heavy (non-hydrogen) atoms. The lowest BCUT2D eigenvalue weighted by atomic mass is 9.88. The molecule has 1 atom stereocenters. The maximum atomic E-state index is 13.7. The normalized spacial score (nSPS) is 16.9. The van der Waals surface area contributed by atoms with Crippen molar-refractivity contribution in [2.45, 2.75) is 26.2 Å². The van der Waals surface area contributed by atoms with Crippen LogP contribution < -0.4 is 10.6 Å². The molecule has 0 radical (unpaired) electrons. The largest absolute Gasteiger partial charge is 0.351 e. The standard InChI is InChI=1S/C16H17FN4O/c1-3-10-7-19-16(22)12-5-4-11(6-13(10)12)21-15-14(17)8-18-9(2)20-15/h4-6,8,10H,3,7H2,1-2H3,(H,19,22)(H,18,20,21). The predicted octanol–water partition coefficient (Wildman–Crippen LogP) is 2.90. The van der Waals surface area contributed by atoms with Crippen molar-refractivity contribution in [2.75, 3.05) is 11.9 Å². The summed E-state index contributed by atoms with van der Waals surface area (Å²) in [5.74, 6) is 0.336. The summed E-state index contributed by atoms with van der Waals surface area (Å²) in [6.07, 6.45) is 2.07. The number of hydrogen-bond acceptors (Lipinski definition) is 4. The molecule has 3 rings (SSSR count). The van der Waals surface area contributed by atoms with Crippen LogP contribution in [0, 0.1) is 12.7 Å². The van der Waals surface area contributed by atoms with Gasteiger partial charge < -0.3 is 10.6 Å². The van der Waals surface area contributed by atoms with Crippen molar-refractivity contribution in [1.82, 2.24) is 15.3 Å². The third-order valence-corrected chi connectivity index (χ3v) is 3.87. The maximum absolute atomic E-state index is 13.7. The summed E-state index contributed by atoms with van der Waals surface area (Å²) in [6, 6.07) is 5.42. The maximum Gasteiger partial charge on any atom is 0.251 e. The monoisotopic (exact) mass is 300 g/mol. The summed E-state index contributed by atoms with van der Waals surface area (Å²) in [5.41, 5.74) is 2.38. The lowest BCUT2D eigenvalue weighted by Gasteiger charge is -2.25. The van der Waals surface area contributed by atoms with Crippen molar-refractivity contribution in [3.8, 4) is 0 Å². The Bertz CT molecular complexity index is 732. The highest BCUT2D eigenvalue weighted by molar-refractivity contribution is 5.97. The molecule has 2 aromatic rings. The number of aryl methyl sites for hydroxylation is 1. The fourth-order valence-corrected chi connectivity index (χ4v) is 2.65. The summed E-state index contributed by atoms with van der Waals surface area (Å²) in [4.78, 5) is 19.8. The number of rotatable bonds is 3. The number of benzene rings is 1. The molecule has 1 aromatic heterocycles. The van der Waals surface area contributed by atoms with Gasteiger partial charge in [0.05, 0.1) is 6.20 Å². The van der Waals surface area contributed by atoms with E-state index in [-0.39, 0.29) is 17.6 Å². The molecule has 1 aromatic carbocycles. The van der Waals surface area contributed by atoms with Crippen molar-refractivity contribution in [1.29, 1.82) is 0 Å². The molecular formula is C16H17FN4O. The molecule has 1 aliphatic rings. The fraction of sp³-hybridized carbons (Fsp3) is 0.312. The van der Waals surface area contributed by atoms with Gasteiger partial charge in [-0.2, -0.15) is 0 Å². The van der Waals surface area contributed by atoms with Crippen LogP contribution in [0.5, 0.6) is 0 Å². The second-order valence-electron chi connectivity index (χ2n) is 5.36. The number of amides is 1. The molecule has 6 heteroatoms. The number of nitrogens with one attached hydrogen (secondary N) is 2. The fourth-order valence-electron chi connectivity index (χ4n) is 2.65. The van der Waals surface area contributed by atoms with Gasteiger partial charge in [0.2, 0.25) is 0 Å². The lowest BCUT2D eigenvalue weighted by Crippen LogP contribution is -2.34. The van der Waals surface area contributed by atoms with Gasteiger partial charge in [0.25, 0.3) is 5.91 Å². The SMILES string of the molecule is CCC1CNC(=O)c2ccc(Nc3nc(C)ncc3F)cc21. The number of carbonyl (C=O) groups excluding carboxylic acids is 1. The minimum Gasteiger partial charge on any atom is -0.351 e. The summed E-state index contributed by atoms with van der Waals surface area (Å²) in [6.45, 7) is 4.42. The molecule has 0 fully saturated rings. The van der Waals surface area contributed by atoms with Crippen LogP contribution in [-0.4, -0.2) is 22.4 Å². The van der Waals surface area contributed by atoms with E-state index in [4.69, 9.17) is 0 Å². The van der Waals surface area contributed by atoms with Gasteiger partial charge in [-0.1, -0.05) is 6.92 Å². The Morgan fingerprint density at radius 2 is 2.27 bits per heavy atom. The van der Waals surface area contributed by atoms with Crippen molar-refractivity contribution in [2.24, 2.45) is 0 Å². The Labute approximate surface area is 128 Å². The minimum absolute atomic E-state index is 0.0599. The van der Waals surface area contributed by atoms with Gasteiger partial charge in [0, 0.05) is 23.7 Å². The summed E-state index contributed by atoms with van der Waals surface area (Å²) < 4.78 is 13.7. The van der Waals surface area contributed by atoms with E-state index in [1.54, 1.807) is 19.1 Å². The first-order chi connectivity index (χ1) is 10.6. The molecule has 5 nitrogen and oxygen atoms in total. The highest BCUT2D eigenvalue weighted by Crippen LogP contribution is 2.30. The van der Waals surface area contributed by atoms with Gasteiger partial charge in [0.1, 0.15) is 5.82 Å². The minimum atomic E-state index is -0.506. The third-order valence-electron chi connectivity index (χ3n) is 3.87. The molecule has 0 bridgehead atoms. The summed E-state index contributed by atoms with van der Waals surface area (Å²) in [5, 5.41) is 5.85. The van der Waals surface area contributed by atoms with Crippen LogP contribution in [0.3, 0.4) is 0 Å². The molecule has 0 spiro atoms. The number of aromatic nitrogens is 2. The van der Waals surface area contributed by atoms with Gasteiger partial charge in [-0.15, -0.1) is 0 Å². The first-order valence-electron chi connectivity index (χ1n) is 7.26. The van der Waals surface area contributed by atoms with E-state index in [1.165, 1.54) is 0 Å². The number of fused-ring (bicyclic) bond motifs is 1. The third kappa shape index (κ3) is 2.64. The summed E-state index contributed by atoms with van der Waals surface area (Å²) >= 11 is 0. The van der Waals surface area contributed by atoms with Gasteiger partial charge in [-0.3, -0.25) is 4.79 Å². The quantitative estimate of drug-likeness (QED) is 0.914. The molecule has 1 aliphatic heterocycles. The second kappa shape index (κ2) is 5.71. The van der Waals surface area contributed by atoms with Gasteiger partial charge in [-0.25, -0.2) is 14.4 Å². The van der Waals surface area contributed by atoms with E-state index in [1.807, 2.05) is 6.07 Å². The second-order valence-corrected chi connectivity index (χ2v) is 5.36. The average molecular weight is 300 g/mol. The Morgan fingerprint density at radius 3 is 3.05 bits per heavy atom. The predicted molar refractivity (Wildman–Crippen MR) is 81.8 cm³/mol. The van der Waals surface area contributed by atoms with Crippen LogP contribution in [0.1, 0.15) is 41.0 Å². The van der Waals surface area contributed by atoms with Crippen LogP contribution in [0.4, 0.5) is 15.9 Å². The summed E-state index contributed by atoms with van der Waals surface area (Å²) in [7, 11) is 0. The van der Waals surface area contributed by atoms with E-state index in [0.717, 1.165) is 18.2 Å². The molecule has 1 amide bonds. The lowest BCUT2D eigenvalue weighted by molar-refractivity contribution is 0.0940. The average Bonchev–Trinajstić information content (AvgIpc) is 2.51. The van der Waals surface area contributed by atoms with Crippen LogP contribution in [0.2, 0.25) is 0 Å². The zero-order chi connectivity index (χ0) is 15.7. The van der Waals surface area contributed by atoms with Crippen molar-refractivity contribution >= 4 is 17.4 Å². The van der Waals surface area contributed by atoms with Crippen molar-refractivity contribution < 1.29 is 9.18 Å². The number of anilines is 2. The Hall–Kier alpha value is -2.50. The molecule has 2 heterocycles. The topological polar surface area (TPSA) is 66.9 Å². The smallest absolute Gasteiger partial charge is 0.251 e. The van der Waals surface area contributed by atoms with Gasteiger partial charge in [-0.05, 0) is 37.1 Å². The molecule has 0 saturated carbocycles. The van der Waals surface area contributed by atoms with E-state index in [0.29, 0.717) is 23.6 Å². The zero-order valence-corrected chi connectivity index (χ0v) is 12.5. The molecule has 1 unspecified atom stereocenters. The zero-order valence-electron chi connectivity index (χ0n) is 12.5. The van der Waals surface area contributed by atoms with Crippen molar-refractivity contribution in [3.63, 3.8) is 0 Å². The highest BCUT2D eigenvalue weighted by Gasteiger charge is 2.24. The molecule has 114 valence electrons. The first kappa shape index (κ1) is 14.4. The van der Waals surface area contributed by atoms with E-state index in [2.05, 4.69) is 27.5 Å². The Kier molecular flexibility index (Phi) is 3.75. The number of nitrogens with zero attached hydrogens (tertiary/aromatic N) is 2. The highest BCUT2D eigenvalue weighted by atomic mass is 19.1. The Morgan fingerprint density at radius 1 is 1.45 bits per heavy atom. The Balaban J connectivity index is 1.96. The van der Waals surface area contributed by atoms with Crippen LogP contribution >= 0.6 is 0 Å². The van der Waals surface area contributed by atoms with Gasteiger partial charge in [0.15, 0.2) is 11.6 Å². The van der Waals surface area contributed by atoms with E-state index in [9.17, 15) is 9.18 Å². The van der Waals surface area contributed by atoms with Crippen LogP contribution in [0.25, 0.3) is 0 Å². The molecule has 0 saturated heterocycles. The van der Waals surface area contributed by atoms with E-state index >= 15 is 0 Å². The first-order valence-corrected chi connectivity index (χ1v) is 7.26. The molecule has 2 N–H and O–H groups in total. The number of hydrogen-bond donors (Lipinski definition) is 2. The molecular weight excluding hydrogens is 283 g/mol. The molecule has 0 aliphatic carbocycles. The van der Waals surface area contributed by atoms with Crippen molar-refractivity contribution in [3.05, 3.63) is 47.2 Å². The van der Waals surface area contributed by atoms with Crippen LogP contribution in [0.15, 0.2) is 24.4 Å².